The second-order valence-electron chi connectivity index (χ2n) is 15.5. The summed E-state index contributed by atoms with van der Waals surface area (Å²) in [5.41, 5.74) is 17.5. The Morgan fingerprint density at radius 3 is 1.66 bits per heavy atom. The van der Waals surface area contributed by atoms with E-state index >= 15 is 0 Å². The van der Waals surface area contributed by atoms with Crippen molar-refractivity contribution in [3.8, 4) is 33.4 Å². The lowest BCUT2D eigenvalue weighted by Gasteiger charge is -2.33. The van der Waals surface area contributed by atoms with E-state index in [1.165, 1.54) is 75.8 Å². The molecule has 0 atom stereocenters. The summed E-state index contributed by atoms with van der Waals surface area (Å²) in [6.45, 7) is 0. The average Bonchev–Trinajstić information content (AvgIpc) is 4.02. The Morgan fingerprint density at radius 1 is 0.362 bits per heavy atom. The Bertz CT molecular complexity index is 3430. The van der Waals surface area contributed by atoms with Gasteiger partial charge in [-0.2, -0.15) is 0 Å². The van der Waals surface area contributed by atoms with Crippen LogP contribution in [0.5, 0.6) is 0 Å². The Balaban J connectivity index is 1.14. The van der Waals surface area contributed by atoms with Crippen molar-refractivity contribution in [3.05, 3.63) is 222 Å². The molecule has 9 aromatic carbocycles. The van der Waals surface area contributed by atoms with Gasteiger partial charge in [-0.15, -0.1) is 11.3 Å². The number of rotatable bonds is 4. The van der Waals surface area contributed by atoms with E-state index < -0.39 is 5.41 Å². The van der Waals surface area contributed by atoms with Crippen molar-refractivity contribution in [2.24, 2.45) is 0 Å². The van der Waals surface area contributed by atoms with E-state index in [-0.39, 0.29) is 0 Å². The summed E-state index contributed by atoms with van der Waals surface area (Å²) in [6.07, 6.45) is 0. The molecule has 58 heavy (non-hydrogen) atoms. The highest BCUT2D eigenvalue weighted by Gasteiger charge is 2.51. The van der Waals surface area contributed by atoms with Crippen LogP contribution >= 0.6 is 11.3 Å². The molecule has 2 aromatic heterocycles. The van der Waals surface area contributed by atoms with Crippen molar-refractivity contribution < 1.29 is 4.42 Å². The Morgan fingerprint density at radius 2 is 0.897 bits per heavy atom. The third-order valence-electron chi connectivity index (χ3n) is 12.7. The van der Waals surface area contributed by atoms with E-state index in [0.29, 0.717) is 0 Å². The number of furan rings is 1. The Labute approximate surface area is 339 Å². The van der Waals surface area contributed by atoms with Crippen molar-refractivity contribution in [2.75, 3.05) is 4.90 Å². The monoisotopic (exact) mass is 755 g/mol. The van der Waals surface area contributed by atoms with Crippen molar-refractivity contribution >= 4 is 70.5 Å². The summed E-state index contributed by atoms with van der Waals surface area (Å²) in [5.74, 6) is 0. The van der Waals surface area contributed by atoms with Gasteiger partial charge in [0.1, 0.15) is 11.2 Å². The molecule has 0 N–H and O–H groups in total. The molecule has 270 valence electrons. The Hall–Kier alpha value is -7.20. The summed E-state index contributed by atoms with van der Waals surface area (Å²) in [6, 6.07) is 73.8. The van der Waals surface area contributed by atoms with E-state index in [1.807, 2.05) is 11.3 Å². The first-order chi connectivity index (χ1) is 28.8. The number of hydrogen-bond acceptors (Lipinski definition) is 3. The van der Waals surface area contributed by atoms with Gasteiger partial charge in [-0.1, -0.05) is 152 Å². The summed E-state index contributed by atoms with van der Waals surface area (Å²) >= 11 is 1.86. The van der Waals surface area contributed by atoms with Crippen molar-refractivity contribution in [3.63, 3.8) is 0 Å². The van der Waals surface area contributed by atoms with Crippen LogP contribution in [-0.2, 0) is 5.41 Å². The van der Waals surface area contributed by atoms with Gasteiger partial charge in [0.05, 0.1) is 22.2 Å². The average molecular weight is 756 g/mol. The lowest BCUT2D eigenvalue weighted by Crippen LogP contribution is -2.26. The predicted octanol–water partition coefficient (Wildman–Crippen LogP) is 15.4. The minimum absolute atomic E-state index is 0.462. The normalized spacial score (nSPS) is 13.3. The van der Waals surface area contributed by atoms with Gasteiger partial charge in [0.2, 0.25) is 0 Å². The fraction of sp³-hybridized carbons (Fsp3) is 0.0182. The van der Waals surface area contributed by atoms with Crippen LogP contribution in [0.2, 0.25) is 0 Å². The van der Waals surface area contributed by atoms with Crippen LogP contribution in [0.1, 0.15) is 22.3 Å². The third kappa shape index (κ3) is 4.16. The molecule has 3 heteroatoms. The van der Waals surface area contributed by atoms with Gasteiger partial charge in [0.25, 0.3) is 0 Å². The minimum Gasteiger partial charge on any atom is -0.456 e. The molecule has 11 aromatic rings. The predicted molar refractivity (Wildman–Crippen MR) is 243 cm³/mol. The van der Waals surface area contributed by atoms with E-state index in [2.05, 4.69) is 205 Å². The van der Waals surface area contributed by atoms with Gasteiger partial charge in [0, 0.05) is 36.8 Å². The molecule has 1 spiro atoms. The molecule has 2 aliphatic rings. The zero-order valence-corrected chi connectivity index (χ0v) is 32.1. The quantitative estimate of drug-likeness (QED) is 0.178. The summed E-state index contributed by atoms with van der Waals surface area (Å²) in [4.78, 5) is 2.50. The molecule has 0 bridgehead atoms. The number of thiophene rings is 1. The maximum absolute atomic E-state index is 6.57. The minimum atomic E-state index is -0.462. The fourth-order valence-electron chi connectivity index (χ4n) is 10.5. The molecular weight excluding hydrogens is 723 g/mol. The van der Waals surface area contributed by atoms with Crippen LogP contribution < -0.4 is 4.90 Å². The Kier molecular flexibility index (Phi) is 6.56. The second-order valence-corrected chi connectivity index (χ2v) is 16.6. The lowest BCUT2D eigenvalue weighted by atomic mass is 9.70. The molecule has 0 unspecified atom stereocenters. The number of para-hydroxylation sites is 2. The maximum Gasteiger partial charge on any atom is 0.137 e. The van der Waals surface area contributed by atoms with Gasteiger partial charge in [-0.05, 0) is 98.6 Å². The van der Waals surface area contributed by atoms with Crippen LogP contribution in [0.3, 0.4) is 0 Å². The molecule has 0 saturated heterocycles. The van der Waals surface area contributed by atoms with E-state index in [9.17, 15) is 0 Å². The largest absolute Gasteiger partial charge is 0.456 e. The topological polar surface area (TPSA) is 16.4 Å². The highest BCUT2D eigenvalue weighted by molar-refractivity contribution is 7.25. The van der Waals surface area contributed by atoms with Crippen molar-refractivity contribution in [1.82, 2.24) is 0 Å². The molecule has 0 aliphatic heterocycles. The molecule has 13 rings (SSSR count). The van der Waals surface area contributed by atoms with Gasteiger partial charge in [-0.3, -0.25) is 0 Å². The van der Waals surface area contributed by atoms with E-state index in [0.717, 1.165) is 39.0 Å². The second kappa shape index (κ2) is 11.9. The van der Waals surface area contributed by atoms with Crippen LogP contribution in [0, 0.1) is 0 Å². The van der Waals surface area contributed by atoms with Gasteiger partial charge in [-0.25, -0.2) is 0 Å². The van der Waals surface area contributed by atoms with Crippen LogP contribution in [0.4, 0.5) is 17.1 Å². The number of hydrogen-bond donors (Lipinski definition) is 0. The number of anilines is 3. The molecular formula is C55H33NOS. The van der Waals surface area contributed by atoms with Gasteiger partial charge >= 0.3 is 0 Å². The number of benzene rings is 9. The molecule has 0 fully saturated rings. The molecule has 2 nitrogen and oxygen atoms in total. The first-order valence-electron chi connectivity index (χ1n) is 19.9. The smallest absolute Gasteiger partial charge is 0.137 e. The van der Waals surface area contributed by atoms with Gasteiger partial charge < -0.3 is 9.32 Å². The van der Waals surface area contributed by atoms with Crippen LogP contribution in [0.25, 0.3) is 75.5 Å². The first kappa shape index (κ1) is 31.9. The van der Waals surface area contributed by atoms with Crippen molar-refractivity contribution in [1.29, 1.82) is 0 Å². The van der Waals surface area contributed by atoms with Gasteiger partial charge in [0.15, 0.2) is 0 Å². The van der Waals surface area contributed by atoms with Crippen LogP contribution in [-0.4, -0.2) is 0 Å². The molecule has 0 amide bonds. The van der Waals surface area contributed by atoms with E-state index in [4.69, 9.17) is 4.42 Å². The SMILES string of the molecule is c1ccc(N(c2ccc3c(c2)C2(c4ccccc4-c4ccccc42)c2ccccc2-3)c2cccc3oc4ccccc4c23)c(-c2cccc3sc4ccccc4c23)c1. The van der Waals surface area contributed by atoms with Crippen LogP contribution in [0.15, 0.2) is 205 Å². The standard InChI is InChI=1S/C55H33NOS/c1-7-22-43-35(15-1)36-16-2-8-23-44(36)55(43)45-24-9-3-17-37(45)38-32-31-34(33-46(38)55)56(48-26-14-28-50-54(48)41-19-5-11-27-49(41)57-50)47-25-10-4-18-39(47)40-21-13-30-52-53(40)42-20-6-12-29-51(42)58-52/h1-33H. The highest BCUT2D eigenvalue weighted by Crippen LogP contribution is 2.63. The number of fused-ring (bicyclic) bond motifs is 16. The first-order valence-corrected chi connectivity index (χ1v) is 20.7. The molecule has 2 heterocycles. The van der Waals surface area contributed by atoms with E-state index in [1.54, 1.807) is 0 Å². The highest BCUT2D eigenvalue weighted by atomic mass is 32.1. The molecule has 0 radical (unpaired) electrons. The zero-order chi connectivity index (χ0) is 38.0. The number of nitrogens with zero attached hydrogens (tertiary/aromatic N) is 1. The summed E-state index contributed by atoms with van der Waals surface area (Å²) in [5, 5.41) is 4.79. The lowest BCUT2D eigenvalue weighted by molar-refractivity contribution is 0.669. The molecule has 0 saturated carbocycles. The summed E-state index contributed by atoms with van der Waals surface area (Å²) < 4.78 is 9.16. The fourth-order valence-corrected chi connectivity index (χ4v) is 11.6. The third-order valence-corrected chi connectivity index (χ3v) is 13.8. The maximum atomic E-state index is 6.57. The zero-order valence-electron chi connectivity index (χ0n) is 31.3. The molecule has 2 aliphatic carbocycles. The van der Waals surface area contributed by atoms with Crippen molar-refractivity contribution in [2.45, 2.75) is 5.41 Å². The summed E-state index contributed by atoms with van der Waals surface area (Å²) in [7, 11) is 0.